The number of ketones is 1. The largest absolute Gasteiger partial charge is 0.493 e. The molecule has 0 bridgehead atoms. The third-order valence-corrected chi connectivity index (χ3v) is 3.57. The summed E-state index contributed by atoms with van der Waals surface area (Å²) in [5.41, 5.74) is 0.394. The Morgan fingerprint density at radius 1 is 1.23 bits per heavy atom. The number of methoxy groups -OCH3 is 2. The zero-order valence-corrected chi connectivity index (χ0v) is 13.1. The van der Waals surface area contributed by atoms with Crippen molar-refractivity contribution in [1.82, 2.24) is 5.32 Å². The van der Waals surface area contributed by atoms with Crippen LogP contribution in [-0.4, -0.2) is 33.1 Å². The van der Waals surface area contributed by atoms with E-state index in [1.165, 1.54) is 21.1 Å². The van der Waals surface area contributed by atoms with Gasteiger partial charge in [-0.05, 0) is 26.1 Å². The summed E-state index contributed by atoms with van der Waals surface area (Å²) in [4.78, 5) is 23.6. The molecule has 1 aromatic carbocycles. The Morgan fingerprint density at radius 2 is 1.86 bits per heavy atom. The SMILES string of the molecule is CNC(Cc1cc2cc(OC)c(OC)cc2oc1=O)C(C)=O. The van der Waals surface area contributed by atoms with Gasteiger partial charge in [-0.3, -0.25) is 4.79 Å². The zero-order valence-electron chi connectivity index (χ0n) is 13.1. The van der Waals surface area contributed by atoms with Gasteiger partial charge in [-0.2, -0.15) is 0 Å². The van der Waals surface area contributed by atoms with E-state index in [4.69, 9.17) is 13.9 Å². The summed E-state index contributed by atoms with van der Waals surface area (Å²) in [6.07, 6.45) is 0.276. The van der Waals surface area contributed by atoms with E-state index in [-0.39, 0.29) is 12.2 Å². The van der Waals surface area contributed by atoms with E-state index in [2.05, 4.69) is 5.32 Å². The van der Waals surface area contributed by atoms with E-state index < -0.39 is 11.7 Å². The smallest absolute Gasteiger partial charge is 0.339 e. The van der Waals surface area contributed by atoms with Crippen LogP contribution in [0.5, 0.6) is 11.5 Å². The summed E-state index contributed by atoms with van der Waals surface area (Å²) in [7, 11) is 4.74. The van der Waals surface area contributed by atoms with Crippen LogP contribution in [0.3, 0.4) is 0 Å². The van der Waals surface area contributed by atoms with E-state index in [0.717, 1.165) is 0 Å². The fourth-order valence-corrected chi connectivity index (χ4v) is 2.30. The van der Waals surface area contributed by atoms with Crippen molar-refractivity contribution in [2.45, 2.75) is 19.4 Å². The molecule has 6 nitrogen and oxygen atoms in total. The topological polar surface area (TPSA) is 77.8 Å². The summed E-state index contributed by atoms with van der Waals surface area (Å²) >= 11 is 0. The van der Waals surface area contributed by atoms with Gasteiger partial charge in [0.1, 0.15) is 11.4 Å². The highest BCUT2D eigenvalue weighted by Gasteiger charge is 2.17. The maximum absolute atomic E-state index is 12.1. The number of nitrogens with one attached hydrogen (secondary N) is 1. The maximum Gasteiger partial charge on any atom is 0.339 e. The minimum atomic E-state index is -0.457. The Balaban J connectivity index is 2.52. The molecule has 1 N–H and O–H groups in total. The van der Waals surface area contributed by atoms with E-state index >= 15 is 0 Å². The third-order valence-electron chi connectivity index (χ3n) is 3.57. The van der Waals surface area contributed by atoms with Gasteiger partial charge in [-0.15, -0.1) is 0 Å². The van der Waals surface area contributed by atoms with Crippen molar-refractivity contribution >= 4 is 16.8 Å². The number of benzene rings is 1. The van der Waals surface area contributed by atoms with E-state index in [1.54, 1.807) is 25.2 Å². The first kappa shape index (κ1) is 16.0. The monoisotopic (exact) mass is 305 g/mol. The van der Waals surface area contributed by atoms with Crippen LogP contribution in [0.25, 0.3) is 11.0 Å². The van der Waals surface area contributed by atoms with Gasteiger partial charge in [-0.1, -0.05) is 0 Å². The molecule has 0 amide bonds. The standard InChI is InChI=1S/C16H19NO5/c1-9(18)12(17-2)6-11-5-10-7-14(20-3)15(21-4)8-13(10)22-16(11)19/h5,7-8,12,17H,6H2,1-4H3. The highest BCUT2D eigenvalue weighted by Crippen LogP contribution is 2.31. The number of ether oxygens (including phenoxy) is 2. The average Bonchev–Trinajstić information content (AvgIpc) is 2.51. The van der Waals surface area contributed by atoms with Crippen molar-refractivity contribution < 1.29 is 18.7 Å². The molecule has 6 heteroatoms. The molecule has 0 radical (unpaired) electrons. The number of rotatable bonds is 6. The molecule has 0 aliphatic heterocycles. The quantitative estimate of drug-likeness (QED) is 0.816. The summed E-state index contributed by atoms with van der Waals surface area (Å²) in [6.45, 7) is 1.48. The number of hydrogen-bond donors (Lipinski definition) is 1. The Morgan fingerprint density at radius 3 is 2.41 bits per heavy atom. The number of hydrogen-bond acceptors (Lipinski definition) is 6. The molecular formula is C16H19NO5. The first-order valence-electron chi connectivity index (χ1n) is 6.86. The number of Topliss-reactive ketones (excluding diaryl/α,β-unsaturated/α-hetero) is 1. The van der Waals surface area contributed by atoms with Crippen molar-refractivity contribution in [3.05, 3.63) is 34.2 Å². The van der Waals surface area contributed by atoms with E-state index in [0.29, 0.717) is 28.0 Å². The van der Waals surface area contributed by atoms with Crippen LogP contribution in [0.1, 0.15) is 12.5 Å². The molecule has 1 heterocycles. The first-order valence-corrected chi connectivity index (χ1v) is 6.86. The second-order valence-electron chi connectivity index (χ2n) is 4.96. The van der Waals surface area contributed by atoms with Crippen LogP contribution >= 0.6 is 0 Å². The molecule has 0 fully saturated rings. The molecule has 0 saturated carbocycles. The molecule has 1 aromatic heterocycles. The Bertz CT molecular complexity index is 750. The average molecular weight is 305 g/mol. The Labute approximate surface area is 128 Å². The van der Waals surface area contributed by atoms with Gasteiger partial charge < -0.3 is 19.2 Å². The summed E-state index contributed by atoms with van der Waals surface area (Å²) in [5, 5.41) is 3.60. The normalized spacial score (nSPS) is 12.2. The molecule has 22 heavy (non-hydrogen) atoms. The lowest BCUT2D eigenvalue weighted by Gasteiger charge is -2.13. The molecule has 1 unspecified atom stereocenters. The minimum Gasteiger partial charge on any atom is -0.493 e. The van der Waals surface area contributed by atoms with Crippen molar-refractivity contribution in [2.24, 2.45) is 0 Å². The molecule has 0 aliphatic rings. The number of carbonyl (C=O) groups is 1. The number of fused-ring (bicyclic) bond motifs is 1. The predicted molar refractivity (Wildman–Crippen MR) is 82.8 cm³/mol. The Kier molecular flexibility index (Phi) is 4.82. The van der Waals surface area contributed by atoms with Crippen molar-refractivity contribution in [2.75, 3.05) is 21.3 Å². The fourth-order valence-electron chi connectivity index (χ4n) is 2.30. The van der Waals surface area contributed by atoms with Gasteiger partial charge in [0, 0.05) is 23.4 Å². The maximum atomic E-state index is 12.1. The van der Waals surface area contributed by atoms with Crippen LogP contribution in [-0.2, 0) is 11.2 Å². The first-order chi connectivity index (χ1) is 10.5. The number of likely N-dealkylation sites (N-methyl/N-ethyl adjacent to an activating group) is 1. The Hall–Kier alpha value is -2.34. The van der Waals surface area contributed by atoms with Crippen molar-refractivity contribution in [1.29, 1.82) is 0 Å². The lowest BCUT2D eigenvalue weighted by atomic mass is 10.0. The van der Waals surface area contributed by atoms with Crippen LogP contribution in [0.4, 0.5) is 0 Å². The van der Waals surface area contributed by atoms with Gasteiger partial charge in [0.25, 0.3) is 0 Å². The van der Waals surface area contributed by atoms with Gasteiger partial charge in [0.2, 0.25) is 0 Å². The minimum absolute atomic E-state index is 0.0330. The summed E-state index contributed by atoms with van der Waals surface area (Å²) < 4.78 is 15.8. The fraction of sp³-hybridized carbons (Fsp3) is 0.375. The molecule has 118 valence electrons. The van der Waals surface area contributed by atoms with Crippen molar-refractivity contribution in [3.8, 4) is 11.5 Å². The molecule has 0 saturated heterocycles. The van der Waals surface area contributed by atoms with E-state index in [9.17, 15) is 9.59 Å². The van der Waals surface area contributed by atoms with Gasteiger partial charge in [0.05, 0.1) is 20.3 Å². The zero-order chi connectivity index (χ0) is 16.3. The van der Waals surface area contributed by atoms with Crippen LogP contribution < -0.4 is 20.4 Å². The number of carbonyl (C=O) groups excluding carboxylic acids is 1. The second-order valence-corrected chi connectivity index (χ2v) is 4.96. The van der Waals surface area contributed by atoms with Crippen LogP contribution in [0.2, 0.25) is 0 Å². The molecule has 0 aliphatic carbocycles. The lowest BCUT2D eigenvalue weighted by Crippen LogP contribution is -2.35. The predicted octanol–water partition coefficient (Wildman–Crippen LogP) is 1.53. The molecule has 1 atom stereocenters. The highest BCUT2D eigenvalue weighted by molar-refractivity contribution is 5.83. The van der Waals surface area contributed by atoms with Gasteiger partial charge in [0.15, 0.2) is 11.5 Å². The third kappa shape index (κ3) is 3.12. The molecule has 2 aromatic rings. The van der Waals surface area contributed by atoms with Crippen LogP contribution in [0.15, 0.2) is 27.4 Å². The molecule has 0 spiro atoms. The summed E-state index contributed by atoms with van der Waals surface area (Å²) in [6, 6.07) is 4.65. The van der Waals surface area contributed by atoms with Gasteiger partial charge >= 0.3 is 5.63 Å². The lowest BCUT2D eigenvalue weighted by molar-refractivity contribution is -0.118. The van der Waals surface area contributed by atoms with E-state index in [1.807, 2.05) is 0 Å². The highest BCUT2D eigenvalue weighted by atomic mass is 16.5. The molecular weight excluding hydrogens is 286 g/mol. The molecule has 2 rings (SSSR count). The van der Waals surface area contributed by atoms with Crippen molar-refractivity contribution in [3.63, 3.8) is 0 Å². The van der Waals surface area contributed by atoms with Gasteiger partial charge in [-0.25, -0.2) is 4.79 Å². The second kappa shape index (κ2) is 6.62. The summed E-state index contributed by atoms with van der Waals surface area (Å²) in [5.74, 6) is 1.00. The van der Waals surface area contributed by atoms with Crippen LogP contribution in [0, 0.1) is 0 Å².